The van der Waals surface area contributed by atoms with Crippen LogP contribution < -0.4 is 0 Å². The number of hydrogen-bond donors (Lipinski definition) is 0. The standard InChI is InChI=1S/C15H10F4O.ClH/c16-13-7-6-10(8-12(13)15(17,18)19)9-14(20)11-4-2-1-3-5-11;/h1-8H,9H2;1H. The third kappa shape index (κ3) is 4.29. The third-order valence-electron chi connectivity index (χ3n) is 2.80. The molecule has 0 radical (unpaired) electrons. The van der Waals surface area contributed by atoms with Crippen LogP contribution in [-0.4, -0.2) is 5.78 Å². The first-order chi connectivity index (χ1) is 9.38. The zero-order chi connectivity index (χ0) is 14.8. The van der Waals surface area contributed by atoms with Gasteiger partial charge in [-0.2, -0.15) is 13.2 Å². The summed E-state index contributed by atoms with van der Waals surface area (Å²) in [5.74, 6) is -1.65. The predicted octanol–water partition coefficient (Wildman–Crippen LogP) is 4.69. The minimum absolute atomic E-state index is 0. The quantitative estimate of drug-likeness (QED) is 0.592. The summed E-state index contributed by atoms with van der Waals surface area (Å²) in [4.78, 5) is 11.9. The van der Waals surface area contributed by atoms with Crippen molar-refractivity contribution in [1.82, 2.24) is 0 Å². The van der Waals surface area contributed by atoms with Gasteiger partial charge < -0.3 is 0 Å². The predicted molar refractivity (Wildman–Crippen MR) is 73.1 cm³/mol. The number of halogens is 5. The first-order valence-electron chi connectivity index (χ1n) is 5.82. The zero-order valence-electron chi connectivity index (χ0n) is 10.7. The first kappa shape index (κ1) is 17.2. The van der Waals surface area contributed by atoms with Crippen molar-refractivity contribution >= 4 is 18.2 Å². The molecule has 0 saturated carbocycles. The van der Waals surface area contributed by atoms with Crippen LogP contribution in [0.3, 0.4) is 0 Å². The molecule has 0 aliphatic carbocycles. The molecule has 0 N–H and O–H groups in total. The highest BCUT2D eigenvalue weighted by Crippen LogP contribution is 2.32. The van der Waals surface area contributed by atoms with E-state index in [2.05, 4.69) is 0 Å². The van der Waals surface area contributed by atoms with Gasteiger partial charge in [-0.25, -0.2) is 4.39 Å². The molecule has 6 heteroatoms. The maximum absolute atomic E-state index is 13.1. The molecule has 0 fully saturated rings. The molecular weight excluding hydrogens is 308 g/mol. The van der Waals surface area contributed by atoms with E-state index in [1.165, 1.54) is 6.07 Å². The number of alkyl halides is 3. The van der Waals surface area contributed by atoms with Crippen molar-refractivity contribution in [3.05, 3.63) is 71.0 Å². The lowest BCUT2D eigenvalue weighted by atomic mass is 10.0. The van der Waals surface area contributed by atoms with E-state index < -0.39 is 17.6 Å². The van der Waals surface area contributed by atoms with Gasteiger partial charge in [-0.05, 0) is 17.7 Å². The van der Waals surface area contributed by atoms with Gasteiger partial charge in [0.25, 0.3) is 0 Å². The molecule has 0 heterocycles. The number of rotatable bonds is 3. The van der Waals surface area contributed by atoms with Crippen LogP contribution in [0.5, 0.6) is 0 Å². The maximum Gasteiger partial charge on any atom is 0.419 e. The van der Waals surface area contributed by atoms with Gasteiger partial charge >= 0.3 is 6.18 Å². The van der Waals surface area contributed by atoms with Crippen LogP contribution in [0.15, 0.2) is 48.5 Å². The van der Waals surface area contributed by atoms with Crippen molar-refractivity contribution in [2.45, 2.75) is 12.6 Å². The van der Waals surface area contributed by atoms with E-state index in [9.17, 15) is 22.4 Å². The highest BCUT2D eigenvalue weighted by molar-refractivity contribution is 5.97. The molecule has 0 atom stereocenters. The minimum Gasteiger partial charge on any atom is -0.294 e. The molecule has 0 aliphatic heterocycles. The average molecular weight is 319 g/mol. The average Bonchev–Trinajstić information content (AvgIpc) is 2.40. The molecule has 2 aromatic rings. The van der Waals surface area contributed by atoms with E-state index in [0.717, 1.165) is 6.07 Å². The van der Waals surface area contributed by atoms with E-state index >= 15 is 0 Å². The normalized spacial score (nSPS) is 10.9. The Hall–Kier alpha value is -1.88. The van der Waals surface area contributed by atoms with Gasteiger partial charge in [0.1, 0.15) is 5.82 Å². The summed E-state index contributed by atoms with van der Waals surface area (Å²) in [6, 6.07) is 10.8. The van der Waals surface area contributed by atoms with E-state index in [1.807, 2.05) is 0 Å². The number of benzene rings is 2. The van der Waals surface area contributed by atoms with Crippen molar-refractivity contribution in [1.29, 1.82) is 0 Å². The van der Waals surface area contributed by atoms with Crippen LogP contribution in [0.25, 0.3) is 0 Å². The highest BCUT2D eigenvalue weighted by Gasteiger charge is 2.34. The Labute approximate surface area is 125 Å². The Kier molecular flexibility index (Phi) is 5.49. The Morgan fingerprint density at radius 2 is 1.62 bits per heavy atom. The molecular formula is C15H11ClF4O. The van der Waals surface area contributed by atoms with Crippen molar-refractivity contribution in [2.75, 3.05) is 0 Å². The summed E-state index contributed by atoms with van der Waals surface area (Å²) in [5, 5.41) is 0. The number of ketones is 1. The van der Waals surface area contributed by atoms with Gasteiger partial charge in [-0.1, -0.05) is 36.4 Å². The van der Waals surface area contributed by atoms with Gasteiger partial charge in [-0.15, -0.1) is 12.4 Å². The maximum atomic E-state index is 13.1. The van der Waals surface area contributed by atoms with Gasteiger partial charge in [0.15, 0.2) is 5.78 Å². The SMILES string of the molecule is Cl.O=C(Cc1ccc(F)c(C(F)(F)F)c1)c1ccccc1. The van der Waals surface area contributed by atoms with Crippen LogP contribution in [0.2, 0.25) is 0 Å². The Bertz CT molecular complexity index is 623. The second-order valence-electron chi connectivity index (χ2n) is 4.28. The number of Topliss-reactive ketones (excluding diaryl/α,β-unsaturated/α-hetero) is 1. The van der Waals surface area contributed by atoms with Gasteiger partial charge in [0.05, 0.1) is 5.56 Å². The lowest BCUT2D eigenvalue weighted by Crippen LogP contribution is -2.10. The second kappa shape index (κ2) is 6.72. The molecule has 0 aliphatic rings. The lowest BCUT2D eigenvalue weighted by molar-refractivity contribution is -0.140. The number of carbonyl (C=O) groups is 1. The summed E-state index contributed by atoms with van der Waals surface area (Å²) in [6.07, 6.45) is -4.97. The van der Waals surface area contributed by atoms with Crippen LogP contribution >= 0.6 is 12.4 Å². The van der Waals surface area contributed by atoms with E-state index in [0.29, 0.717) is 11.6 Å². The molecule has 0 spiro atoms. The molecule has 2 aromatic carbocycles. The van der Waals surface area contributed by atoms with E-state index in [-0.39, 0.29) is 30.2 Å². The lowest BCUT2D eigenvalue weighted by Gasteiger charge is -2.09. The molecule has 0 aromatic heterocycles. The molecule has 21 heavy (non-hydrogen) atoms. The summed E-state index contributed by atoms with van der Waals surface area (Å²) < 4.78 is 50.8. The van der Waals surface area contributed by atoms with Crippen LogP contribution in [0, 0.1) is 5.82 Å². The van der Waals surface area contributed by atoms with Crippen LogP contribution in [-0.2, 0) is 12.6 Å². The fourth-order valence-corrected chi connectivity index (χ4v) is 1.81. The summed E-state index contributed by atoms with van der Waals surface area (Å²) in [7, 11) is 0. The van der Waals surface area contributed by atoms with Gasteiger partial charge in [-0.3, -0.25) is 4.79 Å². The Morgan fingerprint density at radius 3 is 2.19 bits per heavy atom. The van der Waals surface area contributed by atoms with Crippen molar-refractivity contribution < 1.29 is 22.4 Å². The van der Waals surface area contributed by atoms with Crippen molar-refractivity contribution in [2.24, 2.45) is 0 Å². The van der Waals surface area contributed by atoms with Crippen LogP contribution in [0.1, 0.15) is 21.5 Å². The zero-order valence-corrected chi connectivity index (χ0v) is 11.5. The number of carbonyl (C=O) groups excluding carboxylic acids is 1. The topological polar surface area (TPSA) is 17.1 Å². The Balaban J connectivity index is 0.00000220. The Morgan fingerprint density at radius 1 is 1.00 bits per heavy atom. The van der Waals surface area contributed by atoms with Crippen LogP contribution in [0.4, 0.5) is 17.6 Å². The largest absolute Gasteiger partial charge is 0.419 e. The molecule has 2 rings (SSSR count). The molecule has 0 bridgehead atoms. The summed E-state index contributed by atoms with van der Waals surface area (Å²) in [5.41, 5.74) is -0.811. The summed E-state index contributed by atoms with van der Waals surface area (Å²) >= 11 is 0. The molecule has 0 unspecified atom stereocenters. The van der Waals surface area contributed by atoms with Crippen molar-refractivity contribution in [3.8, 4) is 0 Å². The van der Waals surface area contributed by atoms with E-state index in [4.69, 9.17) is 0 Å². The first-order valence-corrected chi connectivity index (χ1v) is 5.82. The highest BCUT2D eigenvalue weighted by atomic mass is 35.5. The van der Waals surface area contributed by atoms with Gasteiger partial charge in [0.2, 0.25) is 0 Å². The van der Waals surface area contributed by atoms with Gasteiger partial charge in [0, 0.05) is 12.0 Å². The van der Waals surface area contributed by atoms with E-state index in [1.54, 1.807) is 30.3 Å². The number of hydrogen-bond acceptors (Lipinski definition) is 1. The second-order valence-corrected chi connectivity index (χ2v) is 4.28. The van der Waals surface area contributed by atoms with Crippen molar-refractivity contribution in [3.63, 3.8) is 0 Å². The third-order valence-corrected chi connectivity index (χ3v) is 2.80. The molecule has 1 nitrogen and oxygen atoms in total. The minimum atomic E-state index is -4.77. The fourth-order valence-electron chi connectivity index (χ4n) is 1.81. The summed E-state index contributed by atoms with van der Waals surface area (Å²) in [6.45, 7) is 0. The monoisotopic (exact) mass is 318 g/mol. The molecule has 112 valence electrons. The molecule has 0 saturated heterocycles. The molecule has 0 amide bonds. The fraction of sp³-hybridized carbons (Fsp3) is 0.133. The smallest absolute Gasteiger partial charge is 0.294 e.